The van der Waals surface area contributed by atoms with Crippen LogP contribution >= 0.6 is 0 Å². The normalized spacial score (nSPS) is 38.0. The summed E-state index contributed by atoms with van der Waals surface area (Å²) in [4.78, 5) is 24.6. The van der Waals surface area contributed by atoms with Crippen LogP contribution in [0.25, 0.3) is 0 Å². The van der Waals surface area contributed by atoms with Crippen molar-refractivity contribution in [1.82, 2.24) is 0 Å². The van der Waals surface area contributed by atoms with Gasteiger partial charge < -0.3 is 4.74 Å². The summed E-state index contributed by atoms with van der Waals surface area (Å²) >= 11 is 0. The molecule has 6 nitrogen and oxygen atoms in total. The molecule has 4 aliphatic rings. The molecule has 3 unspecified atom stereocenters. The van der Waals surface area contributed by atoms with E-state index >= 15 is 0 Å². The van der Waals surface area contributed by atoms with Crippen molar-refractivity contribution in [3.8, 4) is 0 Å². The molecule has 0 aromatic heterocycles. The number of carbonyl (C=O) groups excluding carboxylic acids is 2. The number of ether oxygens (including phenoxy) is 1. The Hall–Kier alpha value is -1.99. The molecule has 4 aliphatic carbocycles. The Balaban J connectivity index is 1.38. The summed E-state index contributed by atoms with van der Waals surface area (Å²) in [5.41, 5.74) is 1.17. The maximum atomic E-state index is 13.0. The third kappa shape index (κ3) is 3.59. The van der Waals surface area contributed by atoms with Crippen LogP contribution in [0.1, 0.15) is 75.6 Å². The second-order valence-corrected chi connectivity index (χ2v) is 12.3. The average molecular weight is 473 g/mol. The van der Waals surface area contributed by atoms with Gasteiger partial charge in [0.15, 0.2) is 5.78 Å². The van der Waals surface area contributed by atoms with Crippen LogP contribution in [0.2, 0.25) is 0 Å². The van der Waals surface area contributed by atoms with E-state index in [0.29, 0.717) is 24.2 Å². The molecule has 3 fully saturated rings. The highest BCUT2D eigenvalue weighted by Crippen LogP contribution is 2.65. The van der Waals surface area contributed by atoms with Gasteiger partial charge in [0.2, 0.25) is 0 Å². The predicted molar refractivity (Wildman–Crippen MR) is 122 cm³/mol. The van der Waals surface area contributed by atoms with Crippen LogP contribution in [-0.4, -0.2) is 30.8 Å². The first-order valence-corrected chi connectivity index (χ1v) is 13.5. The van der Waals surface area contributed by atoms with Gasteiger partial charge in [-0.25, -0.2) is 4.79 Å². The smallest absolute Gasteiger partial charge is 0.339 e. The van der Waals surface area contributed by atoms with Gasteiger partial charge in [-0.2, -0.15) is 8.42 Å². The predicted octanol–water partition coefficient (Wildman–Crippen LogP) is 4.99. The van der Waals surface area contributed by atoms with Gasteiger partial charge in [-0.15, -0.1) is 0 Å². The second kappa shape index (κ2) is 7.77. The minimum atomic E-state index is -4.52. The van der Waals surface area contributed by atoms with E-state index in [4.69, 9.17) is 4.74 Å². The highest BCUT2D eigenvalue weighted by Gasteiger charge is 2.60. The van der Waals surface area contributed by atoms with Gasteiger partial charge in [-0.3, -0.25) is 9.35 Å². The first kappa shape index (κ1) is 22.8. The molecule has 1 N–H and O–H groups in total. The molecule has 3 saturated carbocycles. The van der Waals surface area contributed by atoms with Crippen molar-refractivity contribution in [2.45, 2.75) is 76.2 Å². The van der Waals surface area contributed by atoms with E-state index in [-0.39, 0.29) is 28.3 Å². The molecule has 0 heterocycles. The van der Waals surface area contributed by atoms with Crippen molar-refractivity contribution < 1.29 is 27.3 Å². The minimum absolute atomic E-state index is 0.0986. The van der Waals surface area contributed by atoms with Crippen molar-refractivity contribution in [2.75, 3.05) is 0 Å². The number of hydrogen-bond acceptors (Lipinski definition) is 5. The molecular weight excluding hydrogens is 440 g/mol. The van der Waals surface area contributed by atoms with Crippen LogP contribution in [0.3, 0.4) is 0 Å². The molecule has 0 radical (unpaired) electrons. The molecule has 178 valence electrons. The number of ketones is 1. The molecule has 6 atom stereocenters. The van der Waals surface area contributed by atoms with E-state index in [2.05, 4.69) is 13.8 Å². The van der Waals surface area contributed by atoms with Crippen LogP contribution in [0, 0.1) is 28.6 Å². The van der Waals surface area contributed by atoms with Gasteiger partial charge in [0, 0.05) is 11.8 Å². The summed E-state index contributed by atoms with van der Waals surface area (Å²) in [6, 6.07) is 5.65. The summed E-state index contributed by atoms with van der Waals surface area (Å²) in [5, 5.41) is 0. The average Bonchev–Trinajstić information content (AvgIpc) is 3.10. The SMILES string of the molecule is C[C@]12CCC(=O)C=C1CCC1C2CC[C@@]2(C)C1CC[C@@H]2OC(=O)c1ccccc1S(=O)(=O)O. The number of esters is 1. The monoisotopic (exact) mass is 472 g/mol. The van der Waals surface area contributed by atoms with Crippen molar-refractivity contribution in [2.24, 2.45) is 28.6 Å². The highest BCUT2D eigenvalue weighted by atomic mass is 32.2. The van der Waals surface area contributed by atoms with Crippen LogP contribution < -0.4 is 0 Å². The number of benzene rings is 1. The highest BCUT2D eigenvalue weighted by molar-refractivity contribution is 7.86. The Kier molecular flexibility index (Phi) is 5.37. The molecule has 5 rings (SSSR count). The summed E-state index contributed by atoms with van der Waals surface area (Å²) in [6.07, 6.45) is 9.02. The summed E-state index contributed by atoms with van der Waals surface area (Å²) in [5.74, 6) is 1.12. The lowest BCUT2D eigenvalue weighted by molar-refractivity contribution is -0.118. The number of rotatable bonds is 3. The van der Waals surface area contributed by atoms with E-state index in [1.54, 1.807) is 6.07 Å². The van der Waals surface area contributed by atoms with Crippen LogP contribution in [0.15, 0.2) is 40.8 Å². The van der Waals surface area contributed by atoms with E-state index in [0.717, 1.165) is 44.9 Å². The van der Waals surface area contributed by atoms with E-state index in [9.17, 15) is 22.6 Å². The zero-order valence-electron chi connectivity index (χ0n) is 19.2. The third-order valence-corrected chi connectivity index (χ3v) is 10.4. The Labute approximate surface area is 195 Å². The molecular formula is C26H32O6S. The van der Waals surface area contributed by atoms with Crippen LogP contribution in [0.4, 0.5) is 0 Å². The number of carbonyl (C=O) groups is 2. The van der Waals surface area contributed by atoms with Gasteiger partial charge >= 0.3 is 5.97 Å². The number of allylic oxidation sites excluding steroid dienone is 1. The molecule has 0 spiro atoms. The Morgan fingerprint density at radius 2 is 1.79 bits per heavy atom. The molecule has 7 heteroatoms. The molecule has 0 amide bonds. The van der Waals surface area contributed by atoms with Crippen molar-refractivity contribution in [1.29, 1.82) is 0 Å². The molecule has 0 aliphatic heterocycles. The summed E-state index contributed by atoms with van der Waals surface area (Å²) in [6.45, 7) is 4.58. The topological polar surface area (TPSA) is 97.7 Å². The van der Waals surface area contributed by atoms with Gasteiger partial charge in [-0.05, 0) is 86.3 Å². The van der Waals surface area contributed by atoms with Gasteiger partial charge in [0.25, 0.3) is 10.1 Å². The first-order chi connectivity index (χ1) is 15.5. The van der Waals surface area contributed by atoms with E-state index in [1.807, 2.05) is 6.08 Å². The standard InChI is InChI=1S/C26H32O6S/c1-25-13-11-17(27)15-16(25)7-8-18-20-9-10-23(26(20,2)14-12-21(18)25)32-24(28)19-5-3-4-6-22(19)33(29,30)31/h3-6,15,18,20-21,23H,7-14H2,1-2H3,(H,29,30,31)/t18?,20?,21?,23-,25-,26-/m0/s1. The zero-order valence-corrected chi connectivity index (χ0v) is 20.1. The fourth-order valence-electron chi connectivity index (χ4n) is 7.76. The third-order valence-electron chi connectivity index (χ3n) is 9.51. The molecule has 33 heavy (non-hydrogen) atoms. The summed E-state index contributed by atoms with van der Waals surface area (Å²) in [7, 11) is -4.52. The Morgan fingerprint density at radius 1 is 1.03 bits per heavy atom. The minimum Gasteiger partial charge on any atom is -0.458 e. The van der Waals surface area contributed by atoms with Crippen molar-refractivity contribution in [3.63, 3.8) is 0 Å². The molecule has 0 bridgehead atoms. The number of fused-ring (bicyclic) bond motifs is 5. The van der Waals surface area contributed by atoms with Gasteiger partial charge in [0.05, 0.1) is 5.56 Å². The quantitative estimate of drug-likeness (QED) is 0.492. The Bertz CT molecular complexity index is 1140. The molecule has 0 saturated heterocycles. The number of hydrogen-bond donors (Lipinski definition) is 1. The lowest BCUT2D eigenvalue weighted by Crippen LogP contribution is -2.51. The lowest BCUT2D eigenvalue weighted by Gasteiger charge is -2.57. The maximum absolute atomic E-state index is 13.0. The van der Waals surface area contributed by atoms with Gasteiger partial charge in [-0.1, -0.05) is 31.6 Å². The fourth-order valence-corrected chi connectivity index (χ4v) is 8.44. The zero-order chi connectivity index (χ0) is 23.6. The second-order valence-electron chi connectivity index (χ2n) is 11.0. The fraction of sp³-hybridized carbons (Fsp3) is 0.615. The molecule has 1 aromatic rings. The van der Waals surface area contributed by atoms with Crippen molar-refractivity contribution >= 4 is 21.9 Å². The van der Waals surface area contributed by atoms with Crippen LogP contribution in [-0.2, 0) is 19.6 Å². The van der Waals surface area contributed by atoms with E-state index < -0.39 is 21.0 Å². The molecule has 1 aromatic carbocycles. The first-order valence-electron chi connectivity index (χ1n) is 12.1. The maximum Gasteiger partial charge on any atom is 0.339 e. The Morgan fingerprint density at radius 3 is 2.55 bits per heavy atom. The van der Waals surface area contributed by atoms with Crippen molar-refractivity contribution in [3.05, 3.63) is 41.5 Å². The largest absolute Gasteiger partial charge is 0.458 e. The van der Waals surface area contributed by atoms with Gasteiger partial charge in [0.1, 0.15) is 11.0 Å². The van der Waals surface area contributed by atoms with E-state index in [1.165, 1.54) is 23.8 Å². The lowest BCUT2D eigenvalue weighted by atomic mass is 9.47. The summed E-state index contributed by atoms with van der Waals surface area (Å²) < 4.78 is 38.9. The van der Waals surface area contributed by atoms with Crippen LogP contribution in [0.5, 0.6) is 0 Å².